The number of carbonyl (C=O) groups excluding carboxylic acids is 1. The molecule has 0 aliphatic carbocycles. The lowest BCUT2D eigenvalue weighted by atomic mass is 10.2. The van der Waals surface area contributed by atoms with Crippen molar-refractivity contribution in [3.05, 3.63) is 12.1 Å². The van der Waals surface area contributed by atoms with Gasteiger partial charge in [-0.3, -0.25) is 4.79 Å². The second-order valence-electron chi connectivity index (χ2n) is 4.02. The summed E-state index contributed by atoms with van der Waals surface area (Å²) in [7, 11) is -2.42. The molecule has 1 heterocycles. The number of amides is 1. The van der Waals surface area contributed by atoms with Gasteiger partial charge in [0.2, 0.25) is 10.0 Å². The predicted molar refractivity (Wildman–Crippen MR) is 78.6 cm³/mol. The summed E-state index contributed by atoms with van der Waals surface area (Å²) in [5, 5.41) is 2.58. The summed E-state index contributed by atoms with van der Waals surface area (Å²) in [6.45, 7) is 0.133. The topological polar surface area (TPSA) is 120 Å². The van der Waals surface area contributed by atoms with Crippen molar-refractivity contribution < 1.29 is 22.7 Å². The van der Waals surface area contributed by atoms with Gasteiger partial charge in [0.05, 0.1) is 12.8 Å². The maximum absolute atomic E-state index is 12.1. The van der Waals surface area contributed by atoms with Gasteiger partial charge in [0, 0.05) is 25.2 Å². The van der Waals surface area contributed by atoms with Crippen LogP contribution in [0.3, 0.4) is 0 Å². The maximum atomic E-state index is 12.1. The molecular weight excluding hydrogens is 322 g/mol. The molecule has 0 fully saturated rings. The zero-order valence-electron chi connectivity index (χ0n) is 11.2. The van der Waals surface area contributed by atoms with Crippen LogP contribution in [0.1, 0.15) is 0 Å². The lowest BCUT2D eigenvalue weighted by Gasteiger charge is -2.20. The van der Waals surface area contributed by atoms with Crippen LogP contribution >= 0.6 is 12.4 Å². The molecule has 0 radical (unpaired) electrons. The van der Waals surface area contributed by atoms with Crippen LogP contribution in [0.4, 0.5) is 5.69 Å². The minimum atomic E-state index is -3.76. The Kier molecular flexibility index (Phi) is 5.78. The third-order valence-electron chi connectivity index (χ3n) is 2.62. The number of carbonyl (C=O) groups is 1. The Balaban J connectivity index is 0.00000220. The fourth-order valence-corrected chi connectivity index (χ4v) is 2.94. The van der Waals surface area contributed by atoms with Gasteiger partial charge in [-0.05, 0) is 0 Å². The molecule has 0 saturated carbocycles. The smallest absolute Gasteiger partial charge is 0.262 e. The number of nitrogens with two attached hydrogens (primary N) is 1. The van der Waals surface area contributed by atoms with E-state index in [4.69, 9.17) is 15.2 Å². The molecule has 0 saturated heterocycles. The van der Waals surface area contributed by atoms with Crippen molar-refractivity contribution >= 4 is 34.0 Å². The van der Waals surface area contributed by atoms with Crippen LogP contribution in [0.25, 0.3) is 0 Å². The van der Waals surface area contributed by atoms with Crippen molar-refractivity contribution in [2.75, 3.05) is 32.1 Å². The number of methoxy groups -OCH3 is 1. The highest BCUT2D eigenvalue weighted by Gasteiger charge is 2.25. The Morgan fingerprint density at radius 3 is 2.81 bits per heavy atom. The molecule has 118 valence electrons. The fourth-order valence-electron chi connectivity index (χ4n) is 1.73. The summed E-state index contributed by atoms with van der Waals surface area (Å²) in [5.74, 6) is 0.0778. The van der Waals surface area contributed by atoms with E-state index in [9.17, 15) is 13.2 Å². The molecule has 10 heteroatoms. The van der Waals surface area contributed by atoms with E-state index in [0.717, 1.165) is 0 Å². The summed E-state index contributed by atoms with van der Waals surface area (Å²) in [6.07, 6.45) is 0. The molecule has 8 nitrogen and oxygen atoms in total. The summed E-state index contributed by atoms with van der Waals surface area (Å²) in [6, 6.07) is 2.72. The van der Waals surface area contributed by atoms with Gasteiger partial charge in [0.15, 0.2) is 6.61 Å². The molecule has 2 rings (SSSR count). The van der Waals surface area contributed by atoms with Crippen LogP contribution in [-0.4, -0.2) is 41.1 Å². The van der Waals surface area contributed by atoms with E-state index < -0.39 is 10.0 Å². The van der Waals surface area contributed by atoms with Crippen LogP contribution in [-0.2, 0) is 14.8 Å². The fraction of sp³-hybridized carbons (Fsp3) is 0.364. The van der Waals surface area contributed by atoms with Crippen LogP contribution in [0.2, 0.25) is 0 Å². The average Bonchev–Trinajstić information content (AvgIpc) is 2.43. The normalized spacial score (nSPS) is 13.5. The molecular formula is C11H16ClN3O5S. The largest absolute Gasteiger partial charge is 0.495 e. The quantitative estimate of drug-likeness (QED) is 0.677. The number of benzene rings is 1. The number of ether oxygens (including phenoxy) is 2. The van der Waals surface area contributed by atoms with Gasteiger partial charge >= 0.3 is 0 Å². The lowest BCUT2D eigenvalue weighted by Crippen LogP contribution is -2.30. The molecule has 1 aliphatic heterocycles. The van der Waals surface area contributed by atoms with Crippen molar-refractivity contribution in [3.63, 3.8) is 0 Å². The summed E-state index contributed by atoms with van der Waals surface area (Å²) in [4.78, 5) is 11.2. The van der Waals surface area contributed by atoms with Crippen molar-refractivity contribution in [2.24, 2.45) is 5.73 Å². The molecule has 0 bridgehead atoms. The molecule has 0 unspecified atom stereocenters. The van der Waals surface area contributed by atoms with Gasteiger partial charge < -0.3 is 20.5 Å². The highest BCUT2D eigenvalue weighted by Crippen LogP contribution is 2.36. The highest BCUT2D eigenvalue weighted by molar-refractivity contribution is 7.89. The van der Waals surface area contributed by atoms with Crippen LogP contribution in [0.15, 0.2) is 17.0 Å². The Morgan fingerprint density at radius 2 is 2.19 bits per heavy atom. The molecule has 1 amide bonds. The maximum Gasteiger partial charge on any atom is 0.262 e. The highest BCUT2D eigenvalue weighted by atomic mass is 35.5. The molecule has 4 N–H and O–H groups in total. The van der Waals surface area contributed by atoms with E-state index in [2.05, 4.69) is 10.0 Å². The number of fused-ring (bicyclic) bond motifs is 1. The first-order valence-electron chi connectivity index (χ1n) is 5.82. The molecule has 0 atom stereocenters. The zero-order valence-corrected chi connectivity index (χ0v) is 12.8. The van der Waals surface area contributed by atoms with Gasteiger partial charge in [-0.2, -0.15) is 0 Å². The van der Waals surface area contributed by atoms with Gasteiger partial charge in [-0.15, -0.1) is 12.4 Å². The van der Waals surface area contributed by atoms with Crippen LogP contribution < -0.4 is 25.2 Å². The van der Waals surface area contributed by atoms with E-state index in [1.165, 1.54) is 19.2 Å². The first kappa shape index (κ1) is 17.5. The first-order chi connectivity index (χ1) is 9.47. The van der Waals surface area contributed by atoms with E-state index in [1.807, 2.05) is 0 Å². The minimum Gasteiger partial charge on any atom is -0.495 e. The Hall–Kier alpha value is -1.55. The third-order valence-corrected chi connectivity index (χ3v) is 4.11. The van der Waals surface area contributed by atoms with Crippen molar-refractivity contribution in [3.8, 4) is 11.5 Å². The monoisotopic (exact) mass is 337 g/mol. The second kappa shape index (κ2) is 6.94. The standard InChI is InChI=1S/C11H15N3O5S.ClH/c1-18-9-4-7-8(19-6-11(15)14-7)5-10(9)20(16,17)13-3-2-12;/h4-5,13H,2-3,6,12H2,1H3,(H,14,15);1H. The second-order valence-corrected chi connectivity index (χ2v) is 5.76. The van der Waals surface area contributed by atoms with Gasteiger partial charge in [-0.1, -0.05) is 0 Å². The summed E-state index contributed by atoms with van der Waals surface area (Å²) in [5.41, 5.74) is 5.65. The van der Waals surface area contributed by atoms with Gasteiger partial charge in [0.25, 0.3) is 5.91 Å². The van der Waals surface area contributed by atoms with Crippen LogP contribution in [0, 0.1) is 0 Å². The number of hydrogen-bond donors (Lipinski definition) is 3. The van der Waals surface area contributed by atoms with Crippen molar-refractivity contribution in [1.82, 2.24) is 4.72 Å². The van der Waals surface area contributed by atoms with Crippen molar-refractivity contribution in [1.29, 1.82) is 0 Å². The summed E-state index contributed by atoms with van der Waals surface area (Å²) >= 11 is 0. The minimum absolute atomic E-state index is 0. The number of rotatable bonds is 5. The predicted octanol–water partition coefficient (Wildman–Crippen LogP) is -0.315. The SMILES string of the molecule is COc1cc2c(cc1S(=O)(=O)NCCN)OCC(=O)N2.Cl. The molecule has 21 heavy (non-hydrogen) atoms. The number of halogens is 1. The number of hydrogen-bond acceptors (Lipinski definition) is 6. The van der Waals surface area contributed by atoms with Crippen molar-refractivity contribution in [2.45, 2.75) is 4.90 Å². The lowest BCUT2D eigenvalue weighted by molar-refractivity contribution is -0.118. The summed E-state index contributed by atoms with van der Waals surface area (Å²) < 4.78 is 36.8. The number of anilines is 1. The Labute approximate surface area is 128 Å². The van der Waals surface area contributed by atoms with E-state index >= 15 is 0 Å². The van der Waals surface area contributed by atoms with E-state index in [-0.39, 0.29) is 54.4 Å². The van der Waals surface area contributed by atoms with Gasteiger partial charge in [-0.25, -0.2) is 13.1 Å². The Morgan fingerprint density at radius 1 is 1.48 bits per heavy atom. The molecule has 0 spiro atoms. The molecule has 1 aromatic carbocycles. The number of sulfonamides is 1. The molecule has 1 aliphatic rings. The first-order valence-corrected chi connectivity index (χ1v) is 7.30. The average molecular weight is 338 g/mol. The van der Waals surface area contributed by atoms with Crippen LogP contribution in [0.5, 0.6) is 11.5 Å². The van der Waals surface area contributed by atoms with E-state index in [0.29, 0.717) is 5.69 Å². The van der Waals surface area contributed by atoms with Gasteiger partial charge in [0.1, 0.15) is 16.4 Å². The van der Waals surface area contributed by atoms with E-state index in [1.54, 1.807) is 0 Å². The number of nitrogens with one attached hydrogen (secondary N) is 2. The Bertz CT molecular complexity index is 635. The molecule has 0 aromatic heterocycles. The third kappa shape index (κ3) is 3.76. The molecule has 1 aromatic rings. The zero-order chi connectivity index (χ0) is 14.8.